The molecule has 0 aliphatic heterocycles. The third kappa shape index (κ3) is 7.24. The first kappa shape index (κ1) is 29.0. The van der Waals surface area contributed by atoms with Gasteiger partial charge in [0, 0.05) is 49.5 Å². The average molecular weight is 530 g/mol. The molecule has 0 bridgehead atoms. The van der Waals surface area contributed by atoms with Gasteiger partial charge < -0.3 is 24.9 Å². The van der Waals surface area contributed by atoms with Crippen LogP contribution in [-0.2, 0) is 0 Å². The number of nitrogens with one attached hydrogen (secondary N) is 3. The topological polar surface area (TPSA) is 70.2 Å². The van der Waals surface area contributed by atoms with Crippen molar-refractivity contribution in [1.82, 2.24) is 0 Å². The molecule has 0 aromatic heterocycles. The SMILES string of the molecule is CCCNc1ccc(Cl)c2c1C(=O)c1c(NCCC[N+](C)(C)C)ccc(NCCC[N+](C)(C)C)c1C2=O. The highest BCUT2D eigenvalue weighted by molar-refractivity contribution is 6.41. The third-order valence-corrected chi connectivity index (χ3v) is 6.79. The molecule has 202 valence electrons. The van der Waals surface area contributed by atoms with Crippen LogP contribution in [-0.4, -0.2) is 95.5 Å². The molecule has 2 aromatic rings. The highest BCUT2D eigenvalue weighted by atomic mass is 35.5. The number of quaternary nitrogens is 2. The smallest absolute Gasteiger partial charge is 0.198 e. The van der Waals surface area contributed by atoms with Gasteiger partial charge in [-0.3, -0.25) is 9.59 Å². The Morgan fingerprint density at radius 1 is 0.622 bits per heavy atom. The average Bonchev–Trinajstić information content (AvgIpc) is 2.81. The normalized spacial score (nSPS) is 13.3. The van der Waals surface area contributed by atoms with Gasteiger partial charge in [-0.25, -0.2) is 0 Å². The van der Waals surface area contributed by atoms with Crippen LogP contribution in [0.1, 0.15) is 58.0 Å². The van der Waals surface area contributed by atoms with E-state index in [1.165, 1.54) is 0 Å². The van der Waals surface area contributed by atoms with Crippen molar-refractivity contribution < 1.29 is 18.6 Å². The summed E-state index contributed by atoms with van der Waals surface area (Å²) in [6.07, 6.45) is 2.78. The number of halogens is 1. The van der Waals surface area contributed by atoms with Crippen LogP contribution in [0.4, 0.5) is 17.1 Å². The summed E-state index contributed by atoms with van der Waals surface area (Å²) in [7, 11) is 13.0. The first-order valence-electron chi connectivity index (χ1n) is 13.3. The molecule has 0 atom stereocenters. The van der Waals surface area contributed by atoms with Gasteiger partial charge in [0.1, 0.15) is 0 Å². The van der Waals surface area contributed by atoms with Crippen LogP contribution in [0.3, 0.4) is 0 Å². The molecular formula is C29H44ClN5O2+2. The summed E-state index contributed by atoms with van der Waals surface area (Å²) in [4.78, 5) is 28.1. The van der Waals surface area contributed by atoms with Crippen LogP contribution in [0.5, 0.6) is 0 Å². The Kier molecular flexibility index (Phi) is 9.27. The fraction of sp³-hybridized carbons (Fsp3) is 0.517. The molecule has 0 saturated heterocycles. The van der Waals surface area contributed by atoms with E-state index in [2.05, 4.69) is 65.2 Å². The predicted octanol–water partition coefficient (Wildman–Crippen LogP) is 4.95. The second-order valence-corrected chi connectivity index (χ2v) is 12.3. The molecule has 8 heteroatoms. The van der Waals surface area contributed by atoms with E-state index in [1.54, 1.807) is 12.1 Å². The van der Waals surface area contributed by atoms with E-state index in [-0.39, 0.29) is 17.1 Å². The van der Waals surface area contributed by atoms with Gasteiger partial charge in [0.2, 0.25) is 0 Å². The number of carbonyl (C=O) groups is 2. The number of rotatable bonds is 13. The monoisotopic (exact) mass is 529 g/mol. The zero-order valence-corrected chi connectivity index (χ0v) is 24.3. The maximum absolute atomic E-state index is 14.1. The number of fused-ring (bicyclic) bond motifs is 2. The molecule has 0 fully saturated rings. The Labute approximate surface area is 227 Å². The summed E-state index contributed by atoms with van der Waals surface area (Å²) in [6.45, 7) is 6.17. The lowest BCUT2D eigenvalue weighted by Gasteiger charge is -2.27. The fourth-order valence-electron chi connectivity index (χ4n) is 4.61. The highest BCUT2D eigenvalue weighted by Crippen LogP contribution is 2.41. The maximum atomic E-state index is 14.1. The Morgan fingerprint density at radius 2 is 1.00 bits per heavy atom. The lowest BCUT2D eigenvalue weighted by atomic mass is 9.81. The van der Waals surface area contributed by atoms with Crippen LogP contribution in [0.15, 0.2) is 24.3 Å². The summed E-state index contributed by atoms with van der Waals surface area (Å²) in [5.74, 6) is -0.381. The van der Waals surface area contributed by atoms with Crippen LogP contribution >= 0.6 is 11.6 Å². The van der Waals surface area contributed by atoms with E-state index < -0.39 is 0 Å². The van der Waals surface area contributed by atoms with E-state index >= 15 is 0 Å². The van der Waals surface area contributed by atoms with Crippen molar-refractivity contribution in [2.24, 2.45) is 0 Å². The summed E-state index contributed by atoms with van der Waals surface area (Å²) < 4.78 is 1.73. The van der Waals surface area contributed by atoms with E-state index in [1.807, 2.05) is 12.1 Å². The number of hydrogen-bond acceptors (Lipinski definition) is 5. The highest BCUT2D eigenvalue weighted by Gasteiger charge is 2.37. The molecular weight excluding hydrogens is 486 g/mol. The van der Waals surface area contributed by atoms with Crippen molar-refractivity contribution in [1.29, 1.82) is 0 Å². The number of nitrogens with zero attached hydrogens (tertiary/aromatic N) is 2. The minimum absolute atomic E-state index is 0.171. The molecule has 0 radical (unpaired) electrons. The number of hydrogen-bond donors (Lipinski definition) is 3. The summed E-state index contributed by atoms with van der Waals surface area (Å²) in [6, 6.07) is 7.34. The molecule has 3 rings (SSSR count). The van der Waals surface area contributed by atoms with Crippen LogP contribution in [0.2, 0.25) is 5.02 Å². The number of anilines is 3. The quantitative estimate of drug-likeness (QED) is 0.216. The van der Waals surface area contributed by atoms with Gasteiger partial charge in [-0.2, -0.15) is 0 Å². The molecule has 1 aliphatic carbocycles. The Balaban J connectivity index is 2.02. The number of benzene rings is 2. The molecule has 0 unspecified atom stereocenters. The van der Waals surface area contributed by atoms with Gasteiger partial charge >= 0.3 is 0 Å². The van der Waals surface area contributed by atoms with E-state index in [0.717, 1.165) is 41.3 Å². The fourth-order valence-corrected chi connectivity index (χ4v) is 4.86. The lowest BCUT2D eigenvalue weighted by Crippen LogP contribution is -2.36. The number of carbonyl (C=O) groups excluding carboxylic acids is 2. The second-order valence-electron chi connectivity index (χ2n) is 11.9. The molecule has 0 amide bonds. The van der Waals surface area contributed by atoms with Crippen LogP contribution in [0.25, 0.3) is 0 Å². The number of ketones is 2. The first-order valence-corrected chi connectivity index (χ1v) is 13.6. The Morgan fingerprint density at radius 3 is 1.43 bits per heavy atom. The van der Waals surface area contributed by atoms with Crippen LogP contribution < -0.4 is 16.0 Å². The molecule has 0 spiro atoms. The van der Waals surface area contributed by atoms with Crippen LogP contribution in [0, 0.1) is 0 Å². The van der Waals surface area contributed by atoms with Gasteiger partial charge in [0.15, 0.2) is 11.6 Å². The van der Waals surface area contributed by atoms with Gasteiger partial charge in [0.05, 0.1) is 82.7 Å². The van der Waals surface area contributed by atoms with Crippen molar-refractivity contribution in [3.05, 3.63) is 51.5 Å². The zero-order valence-electron chi connectivity index (χ0n) is 23.6. The molecule has 37 heavy (non-hydrogen) atoms. The van der Waals surface area contributed by atoms with Gasteiger partial charge in [-0.05, 0) is 30.7 Å². The Bertz CT molecular complexity index is 1150. The van der Waals surface area contributed by atoms with E-state index in [4.69, 9.17) is 11.6 Å². The van der Waals surface area contributed by atoms with Crippen molar-refractivity contribution in [3.63, 3.8) is 0 Å². The molecule has 1 aliphatic rings. The summed E-state index contributed by atoms with van der Waals surface area (Å²) in [5, 5.41) is 10.5. The maximum Gasteiger partial charge on any atom is 0.198 e. The van der Waals surface area contributed by atoms with E-state index in [9.17, 15) is 9.59 Å². The minimum Gasteiger partial charge on any atom is -0.384 e. The molecule has 2 aromatic carbocycles. The Hall–Kier alpha value is -2.61. The predicted molar refractivity (Wildman–Crippen MR) is 156 cm³/mol. The largest absolute Gasteiger partial charge is 0.384 e. The molecule has 3 N–H and O–H groups in total. The molecule has 0 heterocycles. The molecule has 7 nitrogen and oxygen atoms in total. The second kappa shape index (κ2) is 11.8. The van der Waals surface area contributed by atoms with E-state index in [0.29, 0.717) is 58.4 Å². The van der Waals surface area contributed by atoms with Gasteiger partial charge in [-0.15, -0.1) is 0 Å². The van der Waals surface area contributed by atoms with Crippen molar-refractivity contribution >= 4 is 40.2 Å². The summed E-state index contributed by atoms with van der Waals surface area (Å²) >= 11 is 6.55. The standard InChI is InChI=1S/C29H42ClN5O2/c1-8-15-31-21-12-11-20(30)24-25(21)29(37)27-23(33-17-10-19-35(5,6)7)14-13-22(26(27)28(24)36)32-16-9-18-34(2,3)4/h11-14H,8-10,15-19H2,1-7H3,(H-2,31,32,33,36,37)/p+2. The minimum atomic E-state index is -0.209. The lowest BCUT2D eigenvalue weighted by molar-refractivity contribution is -0.870. The zero-order chi connectivity index (χ0) is 27.4. The molecule has 0 saturated carbocycles. The van der Waals surface area contributed by atoms with Gasteiger partial charge in [-0.1, -0.05) is 18.5 Å². The van der Waals surface area contributed by atoms with Crippen molar-refractivity contribution in [2.45, 2.75) is 26.2 Å². The van der Waals surface area contributed by atoms with Crippen molar-refractivity contribution in [3.8, 4) is 0 Å². The third-order valence-electron chi connectivity index (χ3n) is 6.48. The first-order chi connectivity index (χ1) is 17.3. The van der Waals surface area contributed by atoms with Gasteiger partial charge in [0.25, 0.3) is 0 Å². The van der Waals surface area contributed by atoms with Crippen molar-refractivity contribution in [2.75, 3.05) is 91.0 Å². The summed E-state index contributed by atoms with van der Waals surface area (Å²) in [5.41, 5.74) is 3.53.